The Morgan fingerprint density at radius 1 is 1.23 bits per heavy atom. The molecule has 2 aromatic rings. The minimum atomic E-state index is -0.503. The van der Waals surface area contributed by atoms with Crippen LogP contribution >= 0.6 is 11.8 Å². The number of aryl methyl sites for hydroxylation is 1. The zero-order valence-corrected chi connectivity index (χ0v) is 14.5. The minimum Gasteiger partial charge on any atom is -0.223 e. The van der Waals surface area contributed by atoms with Crippen molar-refractivity contribution >= 4 is 17.3 Å². The van der Waals surface area contributed by atoms with Crippen LogP contribution in [0.5, 0.6) is 0 Å². The van der Waals surface area contributed by atoms with Crippen LogP contribution in [0.3, 0.4) is 0 Å². The molecule has 22 heavy (non-hydrogen) atoms. The fraction of sp³-hybridized carbons (Fsp3) is 0.333. The third-order valence-corrected chi connectivity index (χ3v) is 3.83. The maximum absolute atomic E-state index is 13.5. The fourth-order valence-electron chi connectivity index (χ4n) is 1.77. The van der Waals surface area contributed by atoms with Crippen molar-refractivity contribution in [1.82, 2.24) is 9.97 Å². The van der Waals surface area contributed by atoms with Crippen molar-refractivity contribution in [2.75, 3.05) is 0 Å². The SMILES string of the molecule is C=C(CC)c1cc(F)nc(SCc2cccc(C)c2)n1.CC. The third kappa shape index (κ3) is 5.60. The number of thioether (sulfide) groups is 1. The Labute approximate surface area is 136 Å². The molecule has 0 atom stereocenters. The van der Waals surface area contributed by atoms with Crippen LogP contribution in [0.4, 0.5) is 4.39 Å². The van der Waals surface area contributed by atoms with E-state index < -0.39 is 5.95 Å². The summed E-state index contributed by atoms with van der Waals surface area (Å²) in [6.07, 6.45) is 0.748. The Morgan fingerprint density at radius 3 is 2.59 bits per heavy atom. The molecular formula is C18H23FN2S. The average molecular weight is 318 g/mol. The van der Waals surface area contributed by atoms with E-state index in [-0.39, 0.29) is 0 Å². The summed E-state index contributed by atoms with van der Waals surface area (Å²) in [6.45, 7) is 11.9. The highest BCUT2D eigenvalue weighted by Gasteiger charge is 2.07. The zero-order valence-electron chi connectivity index (χ0n) is 13.7. The van der Waals surface area contributed by atoms with E-state index in [1.54, 1.807) is 0 Å². The Kier molecular flexibility index (Phi) is 7.82. The second kappa shape index (κ2) is 9.36. The molecular weight excluding hydrogens is 295 g/mol. The van der Waals surface area contributed by atoms with Gasteiger partial charge in [-0.2, -0.15) is 9.37 Å². The van der Waals surface area contributed by atoms with Crippen molar-refractivity contribution in [2.45, 2.75) is 45.0 Å². The van der Waals surface area contributed by atoms with Crippen LogP contribution in [-0.2, 0) is 5.75 Å². The molecule has 1 aromatic heterocycles. The molecule has 0 saturated carbocycles. The summed E-state index contributed by atoms with van der Waals surface area (Å²) >= 11 is 1.44. The maximum Gasteiger partial charge on any atom is 0.217 e. The molecule has 118 valence electrons. The molecule has 0 unspecified atom stereocenters. The Morgan fingerprint density at radius 2 is 1.95 bits per heavy atom. The summed E-state index contributed by atoms with van der Waals surface area (Å²) in [5.41, 5.74) is 3.80. The minimum absolute atomic E-state index is 0.455. The van der Waals surface area contributed by atoms with Crippen molar-refractivity contribution in [3.8, 4) is 0 Å². The van der Waals surface area contributed by atoms with Gasteiger partial charge in [0.05, 0.1) is 5.69 Å². The van der Waals surface area contributed by atoms with E-state index in [0.29, 0.717) is 10.9 Å². The monoisotopic (exact) mass is 318 g/mol. The summed E-state index contributed by atoms with van der Waals surface area (Å²) in [5, 5.41) is 0.455. The first kappa shape index (κ1) is 18.4. The summed E-state index contributed by atoms with van der Waals surface area (Å²) in [5.74, 6) is 0.222. The highest BCUT2D eigenvalue weighted by molar-refractivity contribution is 7.98. The third-order valence-electron chi connectivity index (χ3n) is 2.91. The van der Waals surface area contributed by atoms with Crippen LogP contribution in [0.15, 0.2) is 42.1 Å². The molecule has 0 saturated heterocycles. The highest BCUT2D eigenvalue weighted by atomic mass is 32.2. The molecule has 2 nitrogen and oxygen atoms in total. The van der Waals surface area contributed by atoms with Gasteiger partial charge in [-0.25, -0.2) is 4.98 Å². The molecule has 0 amide bonds. The number of rotatable bonds is 5. The summed E-state index contributed by atoms with van der Waals surface area (Å²) in [4.78, 5) is 8.19. The summed E-state index contributed by atoms with van der Waals surface area (Å²) < 4.78 is 13.5. The van der Waals surface area contributed by atoms with Gasteiger partial charge in [0.2, 0.25) is 5.95 Å². The standard InChI is InChI=1S/C16H17FN2S.C2H6/c1-4-12(3)14-9-15(17)19-16(18-14)20-10-13-7-5-6-11(2)8-13;1-2/h5-9H,3-4,10H2,1-2H3;1-2H3. The zero-order chi connectivity index (χ0) is 16.5. The number of hydrogen-bond donors (Lipinski definition) is 0. The van der Waals surface area contributed by atoms with Gasteiger partial charge in [0.25, 0.3) is 0 Å². The molecule has 0 aliphatic rings. The van der Waals surface area contributed by atoms with E-state index in [1.165, 1.54) is 29.0 Å². The van der Waals surface area contributed by atoms with E-state index >= 15 is 0 Å². The van der Waals surface area contributed by atoms with Crippen molar-refractivity contribution in [1.29, 1.82) is 0 Å². The number of nitrogens with zero attached hydrogens (tertiary/aromatic N) is 2. The number of allylic oxidation sites excluding steroid dienone is 1. The first-order chi connectivity index (χ1) is 10.6. The second-order valence-electron chi connectivity index (χ2n) is 4.59. The molecule has 2 rings (SSSR count). The van der Waals surface area contributed by atoms with Crippen LogP contribution in [-0.4, -0.2) is 9.97 Å². The Bertz CT molecular complexity index is 626. The van der Waals surface area contributed by atoms with E-state index in [9.17, 15) is 4.39 Å². The lowest BCUT2D eigenvalue weighted by atomic mass is 10.1. The van der Waals surface area contributed by atoms with Gasteiger partial charge in [-0.1, -0.05) is 68.9 Å². The molecule has 0 spiro atoms. The molecule has 0 aliphatic carbocycles. The first-order valence-electron chi connectivity index (χ1n) is 7.49. The van der Waals surface area contributed by atoms with Crippen molar-refractivity contribution < 1.29 is 4.39 Å². The molecule has 0 N–H and O–H groups in total. The first-order valence-corrected chi connectivity index (χ1v) is 8.48. The lowest BCUT2D eigenvalue weighted by Gasteiger charge is -2.06. The lowest BCUT2D eigenvalue weighted by molar-refractivity contribution is 0.561. The quantitative estimate of drug-likeness (QED) is 0.404. The normalized spacial score (nSPS) is 9.86. The lowest BCUT2D eigenvalue weighted by Crippen LogP contribution is -1.97. The largest absolute Gasteiger partial charge is 0.223 e. The van der Waals surface area contributed by atoms with E-state index in [2.05, 4.69) is 35.6 Å². The van der Waals surface area contributed by atoms with Crippen LogP contribution in [0.25, 0.3) is 5.57 Å². The van der Waals surface area contributed by atoms with Gasteiger partial charge >= 0.3 is 0 Å². The molecule has 0 radical (unpaired) electrons. The number of benzene rings is 1. The van der Waals surface area contributed by atoms with Crippen LogP contribution in [0, 0.1) is 12.9 Å². The van der Waals surface area contributed by atoms with Crippen LogP contribution in [0.2, 0.25) is 0 Å². The molecule has 0 aliphatic heterocycles. The van der Waals surface area contributed by atoms with E-state index in [0.717, 1.165) is 17.7 Å². The maximum atomic E-state index is 13.5. The molecule has 1 heterocycles. The van der Waals surface area contributed by atoms with Crippen LogP contribution < -0.4 is 0 Å². The van der Waals surface area contributed by atoms with Gasteiger partial charge in [-0.3, -0.25) is 0 Å². The second-order valence-corrected chi connectivity index (χ2v) is 5.54. The predicted molar refractivity (Wildman–Crippen MR) is 93.4 cm³/mol. The van der Waals surface area contributed by atoms with Crippen LogP contribution in [0.1, 0.15) is 44.0 Å². The summed E-state index contributed by atoms with van der Waals surface area (Å²) in [7, 11) is 0. The van der Waals surface area contributed by atoms with Crippen molar-refractivity contribution in [3.05, 3.63) is 59.7 Å². The number of hydrogen-bond acceptors (Lipinski definition) is 3. The van der Waals surface area contributed by atoms with E-state index in [4.69, 9.17) is 0 Å². The molecule has 0 fully saturated rings. The van der Waals surface area contributed by atoms with Gasteiger partial charge in [0, 0.05) is 11.8 Å². The predicted octanol–water partition coefficient (Wildman–Crippen LogP) is 5.67. The molecule has 4 heteroatoms. The van der Waals surface area contributed by atoms with Gasteiger partial charge in [0.1, 0.15) is 0 Å². The molecule has 0 bridgehead atoms. The fourth-order valence-corrected chi connectivity index (χ4v) is 2.56. The average Bonchev–Trinajstić information content (AvgIpc) is 2.53. The molecule has 1 aromatic carbocycles. The van der Waals surface area contributed by atoms with Crippen molar-refractivity contribution in [3.63, 3.8) is 0 Å². The van der Waals surface area contributed by atoms with Gasteiger partial charge < -0.3 is 0 Å². The highest BCUT2D eigenvalue weighted by Crippen LogP contribution is 2.22. The van der Waals surface area contributed by atoms with Gasteiger partial charge in [-0.15, -0.1) is 0 Å². The summed E-state index contributed by atoms with van der Waals surface area (Å²) in [6, 6.07) is 9.56. The van der Waals surface area contributed by atoms with Gasteiger partial charge in [0.15, 0.2) is 5.16 Å². The van der Waals surface area contributed by atoms with E-state index in [1.807, 2.05) is 32.9 Å². The topological polar surface area (TPSA) is 25.8 Å². The van der Waals surface area contributed by atoms with Gasteiger partial charge in [-0.05, 0) is 24.5 Å². The smallest absolute Gasteiger partial charge is 0.217 e. The number of aromatic nitrogens is 2. The number of halogens is 1. The van der Waals surface area contributed by atoms with Crippen molar-refractivity contribution in [2.24, 2.45) is 0 Å². The Hall–Kier alpha value is -1.68. The Balaban J connectivity index is 0.00000116.